The van der Waals surface area contributed by atoms with Crippen LogP contribution in [0, 0.1) is 0 Å². The van der Waals surface area contributed by atoms with Crippen LogP contribution in [0.2, 0.25) is 0 Å². The molecule has 1 amide bonds. The van der Waals surface area contributed by atoms with Crippen molar-refractivity contribution < 1.29 is 9.90 Å². The Hall–Kier alpha value is -3.12. The van der Waals surface area contributed by atoms with Crippen molar-refractivity contribution in [2.24, 2.45) is 0 Å². The highest BCUT2D eigenvalue weighted by Crippen LogP contribution is 2.17. The summed E-state index contributed by atoms with van der Waals surface area (Å²) in [6.07, 6.45) is 6.25. The maximum absolute atomic E-state index is 12.5. The van der Waals surface area contributed by atoms with Crippen LogP contribution in [-0.4, -0.2) is 44.5 Å². The first kappa shape index (κ1) is 17.7. The molecule has 0 radical (unpaired) electrons. The van der Waals surface area contributed by atoms with Gasteiger partial charge in [-0.3, -0.25) is 9.78 Å². The predicted octanol–water partition coefficient (Wildman–Crippen LogP) is 2.73. The fourth-order valence-electron chi connectivity index (χ4n) is 2.57. The fourth-order valence-corrected chi connectivity index (χ4v) is 2.57. The molecule has 0 saturated heterocycles. The molecule has 0 spiro atoms. The largest absolute Gasteiger partial charge is 0.388 e. The van der Waals surface area contributed by atoms with Gasteiger partial charge in [0.15, 0.2) is 5.82 Å². The molecule has 0 aliphatic rings. The highest BCUT2D eigenvalue weighted by atomic mass is 16.3. The normalized spacial score (nSPS) is 11.8. The molecule has 0 aliphatic heterocycles. The van der Waals surface area contributed by atoms with Gasteiger partial charge in [-0.25, -0.2) is 9.97 Å². The number of aliphatic hydroxyl groups is 1. The monoisotopic (exact) mass is 348 g/mol. The molecule has 2 heterocycles. The Balaban J connectivity index is 1.60. The van der Waals surface area contributed by atoms with Gasteiger partial charge >= 0.3 is 0 Å². The first-order valence-corrected chi connectivity index (χ1v) is 8.36. The highest BCUT2D eigenvalue weighted by Gasteiger charge is 2.15. The highest BCUT2D eigenvalue weighted by molar-refractivity contribution is 5.93. The zero-order valence-corrected chi connectivity index (χ0v) is 14.5. The van der Waals surface area contributed by atoms with Crippen molar-refractivity contribution in [3.05, 3.63) is 78.4 Å². The van der Waals surface area contributed by atoms with Crippen LogP contribution in [0.25, 0.3) is 11.4 Å². The third-order valence-electron chi connectivity index (χ3n) is 4.11. The third-order valence-corrected chi connectivity index (χ3v) is 4.11. The Bertz CT molecular complexity index is 839. The van der Waals surface area contributed by atoms with E-state index < -0.39 is 6.10 Å². The van der Waals surface area contributed by atoms with Crippen LogP contribution in [0.3, 0.4) is 0 Å². The molecule has 26 heavy (non-hydrogen) atoms. The summed E-state index contributed by atoms with van der Waals surface area (Å²) in [5.41, 5.74) is 2.11. The first-order chi connectivity index (χ1) is 12.6. The molecule has 0 unspecified atom stereocenters. The van der Waals surface area contributed by atoms with E-state index in [1.165, 1.54) is 12.4 Å². The summed E-state index contributed by atoms with van der Waals surface area (Å²) < 4.78 is 0. The number of hydrogen-bond acceptors (Lipinski definition) is 5. The van der Waals surface area contributed by atoms with Crippen LogP contribution in [0.4, 0.5) is 0 Å². The number of hydrogen-bond donors (Lipinski definition) is 1. The zero-order chi connectivity index (χ0) is 18.4. The quantitative estimate of drug-likeness (QED) is 0.741. The van der Waals surface area contributed by atoms with E-state index in [0.717, 1.165) is 11.1 Å². The summed E-state index contributed by atoms with van der Waals surface area (Å²) in [5, 5.41) is 10.2. The lowest BCUT2D eigenvalue weighted by atomic mass is 10.1. The fraction of sp³-hybridized carbons (Fsp3) is 0.200. The molecule has 0 saturated carbocycles. The van der Waals surface area contributed by atoms with Crippen molar-refractivity contribution >= 4 is 5.91 Å². The van der Waals surface area contributed by atoms with Crippen LogP contribution >= 0.6 is 0 Å². The molecule has 0 aliphatic carbocycles. The van der Waals surface area contributed by atoms with E-state index in [0.29, 0.717) is 24.4 Å². The molecule has 2 aromatic heterocycles. The summed E-state index contributed by atoms with van der Waals surface area (Å²) in [5.74, 6) is 0.373. The number of pyridine rings is 1. The summed E-state index contributed by atoms with van der Waals surface area (Å²) in [6.45, 7) is 0.432. The van der Waals surface area contributed by atoms with Gasteiger partial charge in [0.1, 0.15) is 0 Å². The van der Waals surface area contributed by atoms with Crippen LogP contribution in [0.5, 0.6) is 0 Å². The molecule has 0 bridgehead atoms. The second-order valence-electron chi connectivity index (χ2n) is 5.97. The van der Waals surface area contributed by atoms with Crippen LogP contribution in [0.1, 0.15) is 28.4 Å². The standard InChI is InChI=1S/C20H20N4O2/c1-24(12-9-18(25)15-5-3-2-4-6-15)20(26)17-13-22-19(23-14-17)16-7-10-21-11-8-16/h2-8,10-11,13-14,18,25H,9,12H2,1H3/t18-/m1/s1. The van der Waals surface area contributed by atoms with Crippen molar-refractivity contribution in [3.8, 4) is 11.4 Å². The summed E-state index contributed by atoms with van der Waals surface area (Å²) in [7, 11) is 1.71. The average molecular weight is 348 g/mol. The lowest BCUT2D eigenvalue weighted by Gasteiger charge is -2.19. The minimum Gasteiger partial charge on any atom is -0.388 e. The number of carbonyl (C=O) groups excluding carboxylic acids is 1. The van der Waals surface area contributed by atoms with Gasteiger partial charge < -0.3 is 10.0 Å². The summed E-state index contributed by atoms with van der Waals surface area (Å²) in [4.78, 5) is 26.5. The average Bonchev–Trinajstić information content (AvgIpc) is 2.72. The molecule has 6 heteroatoms. The van der Waals surface area contributed by atoms with E-state index in [2.05, 4.69) is 15.0 Å². The molecule has 1 N–H and O–H groups in total. The minimum absolute atomic E-state index is 0.174. The van der Waals surface area contributed by atoms with Crippen molar-refractivity contribution in [1.29, 1.82) is 0 Å². The second kappa shape index (κ2) is 8.31. The van der Waals surface area contributed by atoms with Crippen LogP contribution < -0.4 is 0 Å². The SMILES string of the molecule is CN(CC[C@@H](O)c1ccccc1)C(=O)c1cnc(-c2ccncc2)nc1. The van der Waals surface area contributed by atoms with Gasteiger partial charge in [-0.05, 0) is 24.1 Å². The van der Waals surface area contributed by atoms with E-state index in [9.17, 15) is 9.90 Å². The number of aliphatic hydroxyl groups excluding tert-OH is 1. The van der Waals surface area contributed by atoms with Gasteiger partial charge in [0.25, 0.3) is 5.91 Å². The Labute approximate surface area is 152 Å². The van der Waals surface area contributed by atoms with Crippen molar-refractivity contribution in [2.75, 3.05) is 13.6 Å². The number of nitrogens with zero attached hydrogens (tertiary/aromatic N) is 4. The maximum Gasteiger partial charge on any atom is 0.256 e. The molecule has 3 rings (SSSR count). The zero-order valence-electron chi connectivity index (χ0n) is 14.5. The molecule has 0 fully saturated rings. The minimum atomic E-state index is -0.600. The number of benzene rings is 1. The van der Waals surface area contributed by atoms with E-state index in [4.69, 9.17) is 0 Å². The van der Waals surface area contributed by atoms with Crippen molar-refractivity contribution in [3.63, 3.8) is 0 Å². The first-order valence-electron chi connectivity index (χ1n) is 8.36. The van der Waals surface area contributed by atoms with Gasteiger partial charge in [0, 0.05) is 43.9 Å². The molecule has 6 nitrogen and oxygen atoms in total. The summed E-state index contributed by atoms with van der Waals surface area (Å²) in [6, 6.07) is 13.0. The maximum atomic E-state index is 12.5. The van der Waals surface area contributed by atoms with Crippen LogP contribution in [0.15, 0.2) is 67.3 Å². The Morgan fingerprint density at radius 3 is 2.38 bits per heavy atom. The van der Waals surface area contributed by atoms with E-state index >= 15 is 0 Å². The van der Waals surface area contributed by atoms with Crippen molar-refractivity contribution in [1.82, 2.24) is 19.9 Å². The van der Waals surface area contributed by atoms with Crippen molar-refractivity contribution in [2.45, 2.75) is 12.5 Å². The molecular weight excluding hydrogens is 328 g/mol. The number of aromatic nitrogens is 3. The molecule has 1 atom stereocenters. The lowest BCUT2D eigenvalue weighted by Crippen LogP contribution is -2.29. The Morgan fingerprint density at radius 1 is 1.08 bits per heavy atom. The van der Waals surface area contributed by atoms with Gasteiger partial charge in [-0.2, -0.15) is 0 Å². The Morgan fingerprint density at radius 2 is 1.73 bits per heavy atom. The van der Waals surface area contributed by atoms with Gasteiger partial charge in [0.05, 0.1) is 11.7 Å². The Kier molecular flexibility index (Phi) is 5.66. The molecule has 132 valence electrons. The van der Waals surface area contributed by atoms with Gasteiger partial charge in [-0.15, -0.1) is 0 Å². The van der Waals surface area contributed by atoms with Gasteiger partial charge in [0.2, 0.25) is 0 Å². The number of rotatable bonds is 6. The second-order valence-corrected chi connectivity index (χ2v) is 5.97. The van der Waals surface area contributed by atoms with Crippen LogP contribution in [-0.2, 0) is 0 Å². The molecule has 1 aromatic carbocycles. The number of carbonyl (C=O) groups is 1. The third kappa shape index (κ3) is 4.29. The van der Waals surface area contributed by atoms with E-state index in [-0.39, 0.29) is 5.91 Å². The van der Waals surface area contributed by atoms with E-state index in [1.54, 1.807) is 24.3 Å². The lowest BCUT2D eigenvalue weighted by molar-refractivity contribution is 0.0760. The van der Waals surface area contributed by atoms with E-state index in [1.807, 2.05) is 42.5 Å². The smallest absolute Gasteiger partial charge is 0.256 e. The predicted molar refractivity (Wildman–Crippen MR) is 98.2 cm³/mol. The van der Waals surface area contributed by atoms with Gasteiger partial charge in [-0.1, -0.05) is 30.3 Å². The summed E-state index contributed by atoms with van der Waals surface area (Å²) >= 11 is 0. The molecular formula is C20H20N4O2. The topological polar surface area (TPSA) is 79.2 Å². The molecule has 3 aromatic rings. The number of amides is 1.